The second kappa shape index (κ2) is 5.68. The maximum atomic E-state index is 12.6. The minimum atomic E-state index is -1.31. The van der Waals surface area contributed by atoms with Gasteiger partial charge in [0.15, 0.2) is 0 Å². The molecule has 122 valence electrons. The van der Waals surface area contributed by atoms with Crippen molar-refractivity contribution >= 4 is 23.5 Å². The van der Waals surface area contributed by atoms with Crippen LogP contribution in [-0.4, -0.2) is 35.5 Å². The smallest absolute Gasteiger partial charge is 0.319 e. The fourth-order valence-electron chi connectivity index (χ4n) is 2.95. The summed E-state index contributed by atoms with van der Waals surface area (Å²) in [5, 5.41) is 11.8. The minimum Gasteiger partial charge on any atom is -0.480 e. The number of anilines is 1. The van der Waals surface area contributed by atoms with Crippen LogP contribution < -0.4 is 10.2 Å². The zero-order valence-corrected chi connectivity index (χ0v) is 13.0. The van der Waals surface area contributed by atoms with Gasteiger partial charge >= 0.3 is 5.97 Å². The van der Waals surface area contributed by atoms with E-state index in [1.54, 1.807) is 4.90 Å². The number of nitrogens with zero attached hydrogens (tertiary/aromatic N) is 1. The Morgan fingerprint density at radius 3 is 2.48 bits per heavy atom. The molecule has 2 N–H and O–H groups in total. The lowest BCUT2D eigenvalue weighted by atomic mass is 10.0. The lowest BCUT2D eigenvalue weighted by molar-refractivity contribution is -0.150. The average molecular weight is 316 g/mol. The number of carboxylic acid groups (broad SMARTS) is 1. The van der Waals surface area contributed by atoms with Crippen LogP contribution in [0, 0.1) is 12.3 Å². The lowest BCUT2D eigenvalue weighted by Gasteiger charge is -2.33. The number of aryl methyl sites for hydroxylation is 1. The molecule has 0 spiro atoms. The molecule has 6 heteroatoms. The Bertz CT molecular complexity index is 649. The minimum absolute atomic E-state index is 0.172. The highest BCUT2D eigenvalue weighted by atomic mass is 16.4. The topological polar surface area (TPSA) is 86.7 Å². The molecule has 2 fully saturated rings. The second-order valence-corrected chi connectivity index (χ2v) is 6.38. The van der Waals surface area contributed by atoms with E-state index in [0.717, 1.165) is 17.7 Å². The van der Waals surface area contributed by atoms with Gasteiger partial charge in [-0.25, -0.2) is 0 Å². The van der Waals surface area contributed by atoms with Crippen LogP contribution in [-0.2, 0) is 14.4 Å². The Morgan fingerprint density at radius 2 is 1.91 bits per heavy atom. The summed E-state index contributed by atoms with van der Waals surface area (Å²) >= 11 is 0. The molecule has 0 bridgehead atoms. The average Bonchev–Trinajstić information content (AvgIpc) is 3.32. The van der Waals surface area contributed by atoms with E-state index in [2.05, 4.69) is 5.32 Å². The first-order valence-electron chi connectivity index (χ1n) is 7.86. The van der Waals surface area contributed by atoms with Gasteiger partial charge in [0, 0.05) is 12.2 Å². The Labute approximate surface area is 134 Å². The van der Waals surface area contributed by atoms with Gasteiger partial charge in [-0.15, -0.1) is 0 Å². The molecular weight excluding hydrogens is 296 g/mol. The third kappa shape index (κ3) is 2.81. The Kier molecular flexibility index (Phi) is 3.83. The SMILES string of the molecule is Cc1ccc(N2CCC[C@@H](NC(=O)C3(C(=O)O)CC3)C2=O)cc1. The quantitative estimate of drug-likeness (QED) is 0.824. The summed E-state index contributed by atoms with van der Waals surface area (Å²) in [4.78, 5) is 37.7. The number of hydrogen-bond donors (Lipinski definition) is 2. The molecule has 3 rings (SSSR count). The second-order valence-electron chi connectivity index (χ2n) is 6.38. The molecule has 1 heterocycles. The van der Waals surface area contributed by atoms with Gasteiger partial charge in [-0.05, 0) is 44.7 Å². The third-order valence-corrected chi connectivity index (χ3v) is 4.68. The fraction of sp³-hybridized carbons (Fsp3) is 0.471. The van der Waals surface area contributed by atoms with Crippen molar-refractivity contribution in [2.75, 3.05) is 11.4 Å². The monoisotopic (exact) mass is 316 g/mol. The van der Waals surface area contributed by atoms with Crippen molar-refractivity contribution in [3.05, 3.63) is 29.8 Å². The van der Waals surface area contributed by atoms with Gasteiger partial charge in [-0.2, -0.15) is 0 Å². The van der Waals surface area contributed by atoms with Crippen LogP contribution in [0.25, 0.3) is 0 Å². The first-order valence-corrected chi connectivity index (χ1v) is 7.86. The van der Waals surface area contributed by atoms with Gasteiger partial charge in [-0.1, -0.05) is 17.7 Å². The van der Waals surface area contributed by atoms with E-state index in [1.165, 1.54) is 0 Å². The van der Waals surface area contributed by atoms with Gasteiger partial charge < -0.3 is 15.3 Å². The molecule has 0 radical (unpaired) electrons. The Balaban J connectivity index is 1.71. The zero-order chi connectivity index (χ0) is 16.6. The molecule has 0 aromatic heterocycles. The number of benzene rings is 1. The maximum absolute atomic E-state index is 12.6. The molecule has 2 amide bonds. The number of carbonyl (C=O) groups excluding carboxylic acids is 2. The Morgan fingerprint density at radius 1 is 1.26 bits per heavy atom. The van der Waals surface area contributed by atoms with Crippen LogP contribution in [0.2, 0.25) is 0 Å². The van der Waals surface area contributed by atoms with E-state index >= 15 is 0 Å². The zero-order valence-electron chi connectivity index (χ0n) is 13.0. The highest BCUT2D eigenvalue weighted by molar-refractivity contribution is 6.07. The van der Waals surface area contributed by atoms with E-state index in [1.807, 2.05) is 31.2 Å². The first kappa shape index (κ1) is 15.5. The fourth-order valence-corrected chi connectivity index (χ4v) is 2.95. The molecule has 1 saturated heterocycles. The number of nitrogens with one attached hydrogen (secondary N) is 1. The van der Waals surface area contributed by atoms with Crippen molar-refractivity contribution in [3.63, 3.8) is 0 Å². The number of hydrogen-bond acceptors (Lipinski definition) is 3. The molecule has 1 atom stereocenters. The van der Waals surface area contributed by atoms with Gasteiger partial charge in [0.2, 0.25) is 11.8 Å². The summed E-state index contributed by atoms with van der Waals surface area (Å²) in [7, 11) is 0. The van der Waals surface area contributed by atoms with E-state index in [0.29, 0.717) is 25.8 Å². The van der Waals surface area contributed by atoms with Crippen molar-refractivity contribution < 1.29 is 19.5 Å². The molecule has 0 unspecified atom stereocenters. The summed E-state index contributed by atoms with van der Waals surface area (Å²) in [6, 6.07) is 7.01. The van der Waals surface area contributed by atoms with Gasteiger partial charge in [-0.3, -0.25) is 14.4 Å². The summed E-state index contributed by atoms with van der Waals surface area (Å²) < 4.78 is 0. The van der Waals surface area contributed by atoms with Crippen molar-refractivity contribution in [2.45, 2.75) is 38.6 Å². The maximum Gasteiger partial charge on any atom is 0.319 e. The normalized spacial score (nSPS) is 22.6. The van der Waals surface area contributed by atoms with Gasteiger partial charge in [0.25, 0.3) is 0 Å². The van der Waals surface area contributed by atoms with E-state index in [-0.39, 0.29) is 5.91 Å². The molecule has 1 aliphatic heterocycles. The van der Waals surface area contributed by atoms with Crippen LogP contribution in [0.3, 0.4) is 0 Å². The van der Waals surface area contributed by atoms with Crippen LogP contribution >= 0.6 is 0 Å². The van der Waals surface area contributed by atoms with Crippen LogP contribution in [0.15, 0.2) is 24.3 Å². The summed E-state index contributed by atoms with van der Waals surface area (Å²) in [6.07, 6.45) is 2.00. The van der Waals surface area contributed by atoms with Crippen LogP contribution in [0.5, 0.6) is 0 Å². The number of rotatable bonds is 4. The number of piperidine rings is 1. The predicted molar refractivity (Wildman–Crippen MR) is 84.0 cm³/mol. The highest BCUT2D eigenvalue weighted by Gasteiger charge is 2.57. The van der Waals surface area contributed by atoms with E-state index < -0.39 is 23.3 Å². The summed E-state index contributed by atoms with van der Waals surface area (Å²) in [5.74, 6) is -1.81. The molecule has 1 aromatic rings. The van der Waals surface area contributed by atoms with Crippen molar-refractivity contribution in [2.24, 2.45) is 5.41 Å². The molecular formula is C17H20N2O4. The highest BCUT2D eigenvalue weighted by Crippen LogP contribution is 2.46. The molecule has 23 heavy (non-hydrogen) atoms. The van der Waals surface area contributed by atoms with Crippen LogP contribution in [0.1, 0.15) is 31.2 Å². The van der Waals surface area contributed by atoms with Crippen LogP contribution in [0.4, 0.5) is 5.69 Å². The molecule has 1 saturated carbocycles. The lowest BCUT2D eigenvalue weighted by Crippen LogP contribution is -2.54. The summed E-state index contributed by atoms with van der Waals surface area (Å²) in [6.45, 7) is 2.59. The van der Waals surface area contributed by atoms with E-state index in [9.17, 15) is 14.4 Å². The molecule has 2 aliphatic rings. The van der Waals surface area contributed by atoms with Crippen molar-refractivity contribution in [1.29, 1.82) is 0 Å². The summed E-state index contributed by atoms with van der Waals surface area (Å²) in [5.41, 5.74) is 0.603. The number of aliphatic carboxylic acids is 1. The molecule has 1 aromatic carbocycles. The van der Waals surface area contributed by atoms with Gasteiger partial charge in [0.05, 0.1) is 0 Å². The number of carbonyl (C=O) groups is 3. The largest absolute Gasteiger partial charge is 0.480 e. The standard InChI is InChI=1S/C17H20N2O4/c1-11-4-6-12(7-5-11)19-10-2-3-13(14(19)20)18-15(21)17(8-9-17)16(22)23/h4-7,13H,2-3,8-10H2,1H3,(H,18,21)(H,22,23)/t13-/m1/s1. The molecule has 6 nitrogen and oxygen atoms in total. The Hall–Kier alpha value is -2.37. The number of carboxylic acids is 1. The third-order valence-electron chi connectivity index (χ3n) is 4.68. The van der Waals surface area contributed by atoms with Crippen molar-refractivity contribution in [3.8, 4) is 0 Å². The van der Waals surface area contributed by atoms with Gasteiger partial charge in [0.1, 0.15) is 11.5 Å². The first-order chi connectivity index (χ1) is 10.9. The number of amides is 2. The van der Waals surface area contributed by atoms with E-state index in [4.69, 9.17) is 5.11 Å². The predicted octanol–water partition coefficient (Wildman–Crippen LogP) is 1.47. The van der Waals surface area contributed by atoms with Crippen molar-refractivity contribution in [1.82, 2.24) is 5.32 Å². The molecule has 1 aliphatic carbocycles.